The fourth-order valence-electron chi connectivity index (χ4n) is 2.32. The molecule has 0 saturated carbocycles. The number of likely N-dealkylation sites (N-methyl/N-ethyl adjacent to an activating group) is 1. The Kier molecular flexibility index (Phi) is 16.4. The van der Waals surface area contributed by atoms with E-state index in [1.165, 1.54) is 6.42 Å². The molecule has 1 unspecified atom stereocenters. The summed E-state index contributed by atoms with van der Waals surface area (Å²) in [6, 6.07) is 0. The number of halogens is 2. The normalized spacial score (nSPS) is 17.2. The Morgan fingerprint density at radius 3 is 2.76 bits per heavy atom. The van der Waals surface area contributed by atoms with Gasteiger partial charge in [-0.25, -0.2) is 0 Å². The standard InChI is InChI=1S/C14H29N3O2.2ClH/c1-17(10-11-19-2)9-3-7-16-14(18)5-4-13-6-8-15-12-13;;/h13,15H,3-12H2,1-2H3,(H,16,18);2*1H. The van der Waals surface area contributed by atoms with Crippen molar-refractivity contribution in [1.82, 2.24) is 15.5 Å². The van der Waals surface area contributed by atoms with E-state index in [2.05, 4.69) is 22.6 Å². The van der Waals surface area contributed by atoms with Crippen LogP contribution in [-0.2, 0) is 9.53 Å². The van der Waals surface area contributed by atoms with Crippen molar-refractivity contribution in [2.45, 2.75) is 25.7 Å². The van der Waals surface area contributed by atoms with E-state index in [1.54, 1.807) is 7.11 Å². The molecule has 1 atom stereocenters. The van der Waals surface area contributed by atoms with Crippen LogP contribution in [0.1, 0.15) is 25.7 Å². The van der Waals surface area contributed by atoms with Gasteiger partial charge in [0.25, 0.3) is 0 Å². The van der Waals surface area contributed by atoms with Gasteiger partial charge < -0.3 is 20.3 Å². The number of amides is 1. The van der Waals surface area contributed by atoms with Gasteiger partial charge >= 0.3 is 0 Å². The molecule has 1 amide bonds. The molecule has 0 aromatic heterocycles. The second-order valence-electron chi connectivity index (χ2n) is 5.40. The molecule has 0 radical (unpaired) electrons. The smallest absolute Gasteiger partial charge is 0.220 e. The molecule has 1 heterocycles. The van der Waals surface area contributed by atoms with Crippen molar-refractivity contribution in [3.63, 3.8) is 0 Å². The Morgan fingerprint density at radius 1 is 1.38 bits per heavy atom. The molecule has 0 bridgehead atoms. The van der Waals surface area contributed by atoms with E-state index in [0.29, 0.717) is 12.3 Å². The average molecular weight is 344 g/mol. The third-order valence-corrected chi connectivity index (χ3v) is 3.66. The summed E-state index contributed by atoms with van der Waals surface area (Å²) in [5.74, 6) is 0.900. The first kappa shape index (κ1) is 23.2. The zero-order valence-electron chi connectivity index (χ0n) is 13.2. The number of nitrogens with one attached hydrogen (secondary N) is 2. The van der Waals surface area contributed by atoms with Crippen molar-refractivity contribution in [1.29, 1.82) is 0 Å². The molecule has 0 aliphatic carbocycles. The van der Waals surface area contributed by atoms with E-state index in [-0.39, 0.29) is 30.7 Å². The molecular formula is C14H31Cl2N3O2. The lowest BCUT2D eigenvalue weighted by atomic mass is 10.0. The van der Waals surface area contributed by atoms with Crippen LogP contribution in [0.25, 0.3) is 0 Å². The van der Waals surface area contributed by atoms with Crippen LogP contribution < -0.4 is 10.6 Å². The zero-order chi connectivity index (χ0) is 13.9. The number of rotatable bonds is 10. The Balaban J connectivity index is 0. The number of hydrogen-bond acceptors (Lipinski definition) is 4. The molecule has 5 nitrogen and oxygen atoms in total. The Hall–Kier alpha value is -0.0700. The fraction of sp³-hybridized carbons (Fsp3) is 0.929. The summed E-state index contributed by atoms with van der Waals surface area (Å²) in [5.41, 5.74) is 0. The van der Waals surface area contributed by atoms with Crippen LogP contribution in [0.5, 0.6) is 0 Å². The molecule has 1 fully saturated rings. The fourth-order valence-corrected chi connectivity index (χ4v) is 2.32. The van der Waals surface area contributed by atoms with Crippen LogP contribution in [-0.4, -0.2) is 64.3 Å². The summed E-state index contributed by atoms with van der Waals surface area (Å²) >= 11 is 0. The minimum atomic E-state index is 0. The van der Waals surface area contributed by atoms with Crippen molar-refractivity contribution in [2.24, 2.45) is 5.92 Å². The molecule has 0 spiro atoms. The predicted octanol–water partition coefficient (Wildman–Crippen LogP) is 1.30. The topological polar surface area (TPSA) is 53.6 Å². The van der Waals surface area contributed by atoms with Gasteiger partial charge in [-0.1, -0.05) is 0 Å². The summed E-state index contributed by atoms with van der Waals surface area (Å²) in [4.78, 5) is 13.9. The summed E-state index contributed by atoms with van der Waals surface area (Å²) in [7, 11) is 3.79. The summed E-state index contributed by atoms with van der Waals surface area (Å²) in [6.07, 6.45) is 3.91. The number of carbonyl (C=O) groups excluding carboxylic acids is 1. The lowest BCUT2D eigenvalue weighted by Gasteiger charge is -2.16. The van der Waals surface area contributed by atoms with Gasteiger partial charge in [0.1, 0.15) is 0 Å². The first-order valence-electron chi connectivity index (χ1n) is 7.37. The van der Waals surface area contributed by atoms with Crippen molar-refractivity contribution in [2.75, 3.05) is 53.5 Å². The quantitative estimate of drug-likeness (QED) is 0.587. The van der Waals surface area contributed by atoms with Crippen molar-refractivity contribution >= 4 is 30.7 Å². The molecule has 1 rings (SSSR count). The first-order valence-corrected chi connectivity index (χ1v) is 7.37. The van der Waals surface area contributed by atoms with Crippen LogP contribution >= 0.6 is 24.8 Å². The van der Waals surface area contributed by atoms with Crippen LogP contribution in [0.3, 0.4) is 0 Å². The third-order valence-electron chi connectivity index (χ3n) is 3.66. The highest BCUT2D eigenvalue weighted by Crippen LogP contribution is 2.13. The number of hydrogen-bond donors (Lipinski definition) is 2. The van der Waals surface area contributed by atoms with E-state index in [1.807, 2.05) is 0 Å². The van der Waals surface area contributed by atoms with Crippen LogP contribution in [0, 0.1) is 5.92 Å². The predicted molar refractivity (Wildman–Crippen MR) is 91.7 cm³/mol. The van der Waals surface area contributed by atoms with Gasteiger partial charge in [0.05, 0.1) is 6.61 Å². The van der Waals surface area contributed by atoms with Crippen LogP contribution in [0.2, 0.25) is 0 Å². The number of nitrogens with zero attached hydrogens (tertiary/aromatic N) is 1. The third kappa shape index (κ3) is 12.2. The second-order valence-corrected chi connectivity index (χ2v) is 5.40. The van der Waals surface area contributed by atoms with E-state index >= 15 is 0 Å². The van der Waals surface area contributed by atoms with Gasteiger partial charge in [-0.2, -0.15) is 0 Å². The Labute approximate surface area is 141 Å². The minimum absolute atomic E-state index is 0. The molecule has 1 saturated heterocycles. The molecule has 128 valence electrons. The first-order chi connectivity index (χ1) is 9.22. The molecule has 0 aromatic carbocycles. The summed E-state index contributed by atoms with van der Waals surface area (Å²) < 4.78 is 5.02. The highest BCUT2D eigenvalue weighted by atomic mass is 35.5. The Bertz CT molecular complexity index is 252. The Morgan fingerprint density at radius 2 is 2.14 bits per heavy atom. The summed E-state index contributed by atoms with van der Waals surface area (Å²) in [5, 5.41) is 6.33. The molecule has 7 heteroatoms. The molecule has 0 aromatic rings. The highest BCUT2D eigenvalue weighted by molar-refractivity contribution is 5.85. The van der Waals surface area contributed by atoms with E-state index in [9.17, 15) is 4.79 Å². The van der Waals surface area contributed by atoms with Crippen molar-refractivity contribution in [3.05, 3.63) is 0 Å². The molecule has 1 aliphatic heterocycles. The van der Waals surface area contributed by atoms with E-state index < -0.39 is 0 Å². The van der Waals surface area contributed by atoms with Gasteiger partial charge in [0.2, 0.25) is 5.91 Å². The lowest BCUT2D eigenvalue weighted by molar-refractivity contribution is -0.121. The average Bonchev–Trinajstić information content (AvgIpc) is 2.92. The van der Waals surface area contributed by atoms with Gasteiger partial charge in [-0.3, -0.25) is 4.79 Å². The zero-order valence-corrected chi connectivity index (χ0v) is 14.9. The summed E-state index contributed by atoms with van der Waals surface area (Å²) in [6.45, 7) is 5.67. The molecule has 2 N–H and O–H groups in total. The van der Waals surface area contributed by atoms with Gasteiger partial charge in [0, 0.05) is 26.6 Å². The minimum Gasteiger partial charge on any atom is -0.383 e. The maximum atomic E-state index is 11.7. The molecular weight excluding hydrogens is 313 g/mol. The second kappa shape index (κ2) is 14.9. The van der Waals surface area contributed by atoms with Gasteiger partial charge in [-0.15, -0.1) is 24.8 Å². The van der Waals surface area contributed by atoms with Crippen molar-refractivity contribution in [3.8, 4) is 0 Å². The molecule has 1 aliphatic rings. The van der Waals surface area contributed by atoms with Gasteiger partial charge in [-0.05, 0) is 51.9 Å². The maximum absolute atomic E-state index is 11.7. The van der Waals surface area contributed by atoms with Crippen LogP contribution in [0.15, 0.2) is 0 Å². The van der Waals surface area contributed by atoms with E-state index in [4.69, 9.17) is 4.74 Å². The maximum Gasteiger partial charge on any atom is 0.220 e. The molecule has 21 heavy (non-hydrogen) atoms. The number of ether oxygens (including phenoxy) is 1. The number of carbonyl (C=O) groups is 1. The highest BCUT2D eigenvalue weighted by Gasteiger charge is 2.15. The largest absolute Gasteiger partial charge is 0.383 e. The van der Waals surface area contributed by atoms with Gasteiger partial charge in [0.15, 0.2) is 0 Å². The SMILES string of the molecule is COCCN(C)CCCNC(=O)CCC1CCNC1.Cl.Cl. The monoisotopic (exact) mass is 343 g/mol. The lowest BCUT2D eigenvalue weighted by Crippen LogP contribution is -2.29. The number of methoxy groups -OCH3 is 1. The van der Waals surface area contributed by atoms with Crippen molar-refractivity contribution < 1.29 is 9.53 Å². The van der Waals surface area contributed by atoms with E-state index in [0.717, 1.165) is 52.2 Å². The van der Waals surface area contributed by atoms with Crippen LogP contribution in [0.4, 0.5) is 0 Å².